The van der Waals surface area contributed by atoms with Gasteiger partial charge in [0.2, 0.25) is 0 Å². The molecule has 2 nitrogen and oxygen atoms in total. The molecule has 2 rings (SSSR count). The minimum atomic E-state index is -4.37. The van der Waals surface area contributed by atoms with Crippen LogP contribution in [0.25, 0.3) is 0 Å². The van der Waals surface area contributed by atoms with Gasteiger partial charge in [0.15, 0.2) is 0 Å². The third-order valence-electron chi connectivity index (χ3n) is 4.07. The van der Waals surface area contributed by atoms with Crippen LogP contribution < -0.4 is 5.73 Å². The van der Waals surface area contributed by atoms with E-state index in [9.17, 15) is 18.0 Å². The predicted octanol–water partition coefficient (Wildman–Crippen LogP) is 3.34. The van der Waals surface area contributed by atoms with Gasteiger partial charge in [-0.15, -0.1) is 0 Å². The van der Waals surface area contributed by atoms with Gasteiger partial charge in [-0.2, -0.15) is 13.2 Å². The van der Waals surface area contributed by atoms with Crippen LogP contribution >= 0.6 is 0 Å². The molecule has 20 heavy (non-hydrogen) atoms. The molecule has 1 aromatic carbocycles. The van der Waals surface area contributed by atoms with Crippen molar-refractivity contribution in [1.82, 2.24) is 0 Å². The number of hydrogen-bond donors (Lipinski definition) is 1. The molecule has 1 aromatic rings. The maximum Gasteiger partial charge on any atom is 0.416 e. The molecule has 1 fully saturated rings. The summed E-state index contributed by atoms with van der Waals surface area (Å²) in [5.74, 6) is -0.0329. The average molecular weight is 285 g/mol. The molecule has 0 radical (unpaired) electrons. The van der Waals surface area contributed by atoms with Crippen LogP contribution in [0.15, 0.2) is 24.3 Å². The summed E-state index contributed by atoms with van der Waals surface area (Å²) in [4.78, 5) is 12.0. The van der Waals surface area contributed by atoms with Gasteiger partial charge in [0.1, 0.15) is 5.78 Å². The molecule has 110 valence electrons. The molecule has 1 saturated carbocycles. The lowest BCUT2D eigenvalue weighted by Gasteiger charge is -2.40. The number of benzene rings is 1. The second-order valence-electron chi connectivity index (χ2n) is 5.65. The van der Waals surface area contributed by atoms with Crippen LogP contribution in [-0.4, -0.2) is 12.3 Å². The molecule has 0 amide bonds. The fourth-order valence-corrected chi connectivity index (χ4v) is 2.70. The van der Waals surface area contributed by atoms with Crippen molar-refractivity contribution in [1.29, 1.82) is 0 Å². The number of nitrogens with two attached hydrogens (primary N) is 1. The number of hydrogen-bond acceptors (Lipinski definition) is 2. The van der Waals surface area contributed by atoms with Crippen LogP contribution in [0, 0.1) is 5.41 Å². The summed E-state index contributed by atoms with van der Waals surface area (Å²) in [5.41, 5.74) is 5.30. The molecule has 0 heterocycles. The fraction of sp³-hybridized carbons (Fsp3) is 0.533. The fourth-order valence-electron chi connectivity index (χ4n) is 2.70. The number of halogens is 3. The number of rotatable bonds is 5. The molecule has 0 saturated heterocycles. The molecule has 0 atom stereocenters. The molecule has 0 bridgehead atoms. The zero-order valence-electron chi connectivity index (χ0n) is 11.2. The molecule has 1 aliphatic carbocycles. The smallest absolute Gasteiger partial charge is 0.330 e. The molecule has 1 aliphatic rings. The standard InChI is InChI=1S/C15H18F3NO/c16-15(17,18)12-4-1-3-11(7-12)8-13(20)9-14(10-19)5-2-6-14/h1,3-4,7H,2,5-6,8-10,19H2. The summed E-state index contributed by atoms with van der Waals surface area (Å²) in [7, 11) is 0. The van der Waals surface area contributed by atoms with Crippen LogP contribution in [0.3, 0.4) is 0 Å². The van der Waals surface area contributed by atoms with E-state index >= 15 is 0 Å². The molecule has 0 aliphatic heterocycles. The van der Waals surface area contributed by atoms with Crippen molar-refractivity contribution < 1.29 is 18.0 Å². The van der Waals surface area contributed by atoms with Gasteiger partial charge in [-0.05, 0) is 36.4 Å². The third-order valence-corrected chi connectivity index (χ3v) is 4.07. The van der Waals surface area contributed by atoms with Gasteiger partial charge in [-0.1, -0.05) is 24.6 Å². The molecule has 2 N–H and O–H groups in total. The minimum Gasteiger partial charge on any atom is -0.330 e. The van der Waals surface area contributed by atoms with Crippen molar-refractivity contribution >= 4 is 5.78 Å². The van der Waals surface area contributed by atoms with Crippen LogP contribution in [-0.2, 0) is 17.4 Å². The van der Waals surface area contributed by atoms with Gasteiger partial charge in [-0.3, -0.25) is 4.79 Å². The van der Waals surface area contributed by atoms with Gasteiger partial charge in [0, 0.05) is 12.8 Å². The van der Waals surface area contributed by atoms with E-state index in [0.717, 1.165) is 31.4 Å². The SMILES string of the molecule is NCC1(CC(=O)Cc2cccc(C(F)(F)F)c2)CCC1. The van der Waals surface area contributed by atoms with Crippen LogP contribution in [0.2, 0.25) is 0 Å². The lowest BCUT2D eigenvalue weighted by Crippen LogP contribution is -2.39. The van der Waals surface area contributed by atoms with Gasteiger partial charge >= 0.3 is 6.18 Å². The van der Waals surface area contributed by atoms with Gasteiger partial charge in [-0.25, -0.2) is 0 Å². The zero-order valence-corrected chi connectivity index (χ0v) is 11.2. The summed E-state index contributed by atoms with van der Waals surface area (Å²) in [6, 6.07) is 4.96. The summed E-state index contributed by atoms with van der Waals surface area (Å²) in [6.45, 7) is 0.474. The van der Waals surface area contributed by atoms with Crippen molar-refractivity contribution in [2.45, 2.75) is 38.3 Å². The van der Waals surface area contributed by atoms with Crippen molar-refractivity contribution in [2.75, 3.05) is 6.54 Å². The van der Waals surface area contributed by atoms with E-state index in [4.69, 9.17) is 5.73 Å². The van der Waals surface area contributed by atoms with E-state index in [1.54, 1.807) is 6.07 Å². The minimum absolute atomic E-state index is 0.0329. The highest BCUT2D eigenvalue weighted by atomic mass is 19.4. The summed E-state index contributed by atoms with van der Waals surface area (Å²) in [6.07, 6.45) is -0.985. The normalized spacial score (nSPS) is 17.6. The van der Waals surface area contributed by atoms with Gasteiger partial charge < -0.3 is 5.73 Å². The van der Waals surface area contributed by atoms with E-state index in [2.05, 4.69) is 0 Å². The van der Waals surface area contributed by atoms with Crippen LogP contribution in [0.1, 0.15) is 36.8 Å². The third kappa shape index (κ3) is 3.39. The van der Waals surface area contributed by atoms with Crippen molar-refractivity contribution in [2.24, 2.45) is 11.1 Å². The second kappa shape index (κ2) is 5.56. The maximum atomic E-state index is 12.6. The van der Waals surface area contributed by atoms with E-state index in [1.165, 1.54) is 6.07 Å². The highest BCUT2D eigenvalue weighted by Crippen LogP contribution is 2.43. The Labute approximate surface area is 116 Å². The Morgan fingerprint density at radius 1 is 1.30 bits per heavy atom. The maximum absolute atomic E-state index is 12.6. The Balaban J connectivity index is 2.01. The lowest BCUT2D eigenvalue weighted by molar-refractivity contribution is -0.137. The first-order chi connectivity index (χ1) is 9.35. The first-order valence-electron chi connectivity index (χ1n) is 6.73. The Morgan fingerprint density at radius 2 is 2.00 bits per heavy atom. The highest BCUT2D eigenvalue weighted by Gasteiger charge is 2.37. The van der Waals surface area contributed by atoms with Gasteiger partial charge in [0.05, 0.1) is 5.56 Å². The predicted molar refractivity (Wildman–Crippen MR) is 70.1 cm³/mol. The molecule has 0 spiro atoms. The van der Waals surface area contributed by atoms with Crippen molar-refractivity contribution in [3.05, 3.63) is 35.4 Å². The number of Topliss-reactive ketones (excluding diaryl/α,β-unsaturated/α-hetero) is 1. The van der Waals surface area contributed by atoms with E-state index < -0.39 is 11.7 Å². The van der Waals surface area contributed by atoms with Crippen LogP contribution in [0.5, 0.6) is 0 Å². The topological polar surface area (TPSA) is 43.1 Å². The van der Waals surface area contributed by atoms with Crippen LogP contribution in [0.4, 0.5) is 13.2 Å². The van der Waals surface area contributed by atoms with Crippen molar-refractivity contribution in [3.63, 3.8) is 0 Å². The average Bonchev–Trinajstić information content (AvgIpc) is 2.33. The second-order valence-corrected chi connectivity index (χ2v) is 5.65. The zero-order chi connectivity index (χ0) is 14.8. The largest absolute Gasteiger partial charge is 0.416 e. The Hall–Kier alpha value is -1.36. The molecule has 0 unspecified atom stereocenters. The molecule has 5 heteroatoms. The number of alkyl halides is 3. The van der Waals surface area contributed by atoms with E-state index in [1.807, 2.05) is 0 Å². The van der Waals surface area contributed by atoms with E-state index in [0.29, 0.717) is 18.5 Å². The Kier molecular flexibility index (Phi) is 4.18. The Bertz CT molecular complexity index is 487. The first-order valence-corrected chi connectivity index (χ1v) is 6.73. The number of carbonyl (C=O) groups is 1. The summed E-state index contributed by atoms with van der Waals surface area (Å²) >= 11 is 0. The van der Waals surface area contributed by atoms with Gasteiger partial charge in [0.25, 0.3) is 0 Å². The lowest BCUT2D eigenvalue weighted by atomic mass is 9.65. The number of ketones is 1. The summed E-state index contributed by atoms with van der Waals surface area (Å²) < 4.78 is 37.8. The summed E-state index contributed by atoms with van der Waals surface area (Å²) in [5, 5.41) is 0. The molecule has 0 aromatic heterocycles. The quantitative estimate of drug-likeness (QED) is 0.901. The monoisotopic (exact) mass is 285 g/mol. The van der Waals surface area contributed by atoms with Crippen molar-refractivity contribution in [3.8, 4) is 0 Å². The van der Waals surface area contributed by atoms with E-state index in [-0.39, 0.29) is 17.6 Å². The molecular formula is C15H18F3NO. The molecular weight excluding hydrogens is 267 g/mol. The highest BCUT2D eigenvalue weighted by molar-refractivity contribution is 5.81. The Morgan fingerprint density at radius 3 is 2.50 bits per heavy atom. The number of carbonyl (C=O) groups excluding carboxylic acids is 1. The first kappa shape index (κ1) is 15.0.